The summed E-state index contributed by atoms with van der Waals surface area (Å²) >= 11 is 0. The summed E-state index contributed by atoms with van der Waals surface area (Å²) in [6.07, 6.45) is 2.83. The Bertz CT molecular complexity index is 954. The van der Waals surface area contributed by atoms with Crippen LogP contribution in [0.1, 0.15) is 16.7 Å². The lowest BCUT2D eigenvalue weighted by Gasteiger charge is -2.28. The van der Waals surface area contributed by atoms with Crippen molar-refractivity contribution in [1.82, 2.24) is 15.5 Å². The molecule has 2 aromatic rings. The second-order valence-electron chi connectivity index (χ2n) is 6.91. The summed E-state index contributed by atoms with van der Waals surface area (Å²) in [5.41, 5.74) is 6.79. The Hall–Kier alpha value is -2.92. The average Bonchev–Trinajstić information content (AvgIpc) is 3.22. The SMILES string of the molecule is O=C1NC(N2CCNCC2)=N/C1=C/c1ccc2c(c1)Cc1ccccc1-2. The maximum absolute atomic E-state index is 12.3. The third kappa shape index (κ3) is 2.61. The third-order valence-electron chi connectivity index (χ3n) is 5.22. The van der Waals surface area contributed by atoms with Crippen LogP contribution in [0.2, 0.25) is 0 Å². The van der Waals surface area contributed by atoms with Gasteiger partial charge in [-0.25, -0.2) is 4.99 Å². The number of carbonyl (C=O) groups is 1. The number of amides is 1. The third-order valence-corrected chi connectivity index (χ3v) is 5.22. The first-order valence-electron chi connectivity index (χ1n) is 9.06. The number of benzene rings is 2. The van der Waals surface area contributed by atoms with Gasteiger partial charge in [-0.2, -0.15) is 0 Å². The van der Waals surface area contributed by atoms with E-state index < -0.39 is 0 Å². The highest BCUT2D eigenvalue weighted by Gasteiger charge is 2.25. The number of nitrogens with one attached hydrogen (secondary N) is 2. The van der Waals surface area contributed by atoms with E-state index in [9.17, 15) is 4.79 Å². The lowest BCUT2D eigenvalue weighted by atomic mass is 10.0. The summed E-state index contributed by atoms with van der Waals surface area (Å²) < 4.78 is 0. The summed E-state index contributed by atoms with van der Waals surface area (Å²) in [4.78, 5) is 19.0. The fraction of sp³-hybridized carbons (Fsp3) is 0.238. The Morgan fingerprint density at radius 3 is 2.69 bits per heavy atom. The maximum Gasteiger partial charge on any atom is 0.276 e. The number of fused-ring (bicyclic) bond motifs is 3. The van der Waals surface area contributed by atoms with E-state index in [0.29, 0.717) is 11.7 Å². The molecule has 1 fully saturated rings. The van der Waals surface area contributed by atoms with Gasteiger partial charge in [-0.15, -0.1) is 0 Å². The van der Waals surface area contributed by atoms with Gasteiger partial charge in [0.05, 0.1) is 0 Å². The van der Waals surface area contributed by atoms with Crippen LogP contribution in [0.5, 0.6) is 0 Å². The molecule has 5 nitrogen and oxygen atoms in total. The van der Waals surface area contributed by atoms with E-state index in [1.807, 2.05) is 6.08 Å². The number of rotatable bonds is 1. The number of aliphatic imine (C=N–C) groups is 1. The van der Waals surface area contributed by atoms with Crippen LogP contribution in [0.15, 0.2) is 53.2 Å². The first-order chi connectivity index (χ1) is 12.8. The molecule has 3 aliphatic rings. The van der Waals surface area contributed by atoms with Crippen molar-refractivity contribution in [3.8, 4) is 11.1 Å². The molecule has 0 unspecified atom stereocenters. The van der Waals surface area contributed by atoms with Gasteiger partial charge in [0.15, 0.2) is 0 Å². The van der Waals surface area contributed by atoms with E-state index in [4.69, 9.17) is 0 Å². The zero-order valence-electron chi connectivity index (χ0n) is 14.5. The smallest absolute Gasteiger partial charge is 0.276 e. The van der Waals surface area contributed by atoms with E-state index in [0.717, 1.165) is 38.2 Å². The Morgan fingerprint density at radius 1 is 1.00 bits per heavy atom. The van der Waals surface area contributed by atoms with Crippen molar-refractivity contribution in [2.24, 2.45) is 4.99 Å². The second-order valence-corrected chi connectivity index (χ2v) is 6.91. The van der Waals surface area contributed by atoms with E-state index >= 15 is 0 Å². The van der Waals surface area contributed by atoms with E-state index in [1.54, 1.807) is 0 Å². The molecule has 2 heterocycles. The molecule has 2 N–H and O–H groups in total. The molecule has 0 saturated carbocycles. The highest BCUT2D eigenvalue weighted by molar-refractivity contribution is 6.13. The summed E-state index contributed by atoms with van der Waals surface area (Å²) in [6.45, 7) is 3.56. The summed E-state index contributed by atoms with van der Waals surface area (Å²) in [5.74, 6) is 0.554. The van der Waals surface area contributed by atoms with Gasteiger partial charge in [-0.3, -0.25) is 10.1 Å². The minimum atomic E-state index is -0.123. The first-order valence-corrected chi connectivity index (χ1v) is 9.06. The zero-order chi connectivity index (χ0) is 17.5. The first kappa shape index (κ1) is 15.3. The Labute approximate surface area is 152 Å². The van der Waals surface area contributed by atoms with Crippen molar-refractivity contribution >= 4 is 17.9 Å². The van der Waals surface area contributed by atoms with Crippen LogP contribution in [0, 0.1) is 0 Å². The molecular formula is C21H20N4O. The van der Waals surface area contributed by atoms with Gasteiger partial charge in [-0.1, -0.05) is 42.5 Å². The van der Waals surface area contributed by atoms with E-state index in [1.165, 1.54) is 22.3 Å². The minimum absolute atomic E-state index is 0.123. The number of piperazine rings is 1. The molecule has 0 atom stereocenters. The Morgan fingerprint density at radius 2 is 1.81 bits per heavy atom. The van der Waals surface area contributed by atoms with Crippen molar-refractivity contribution in [1.29, 1.82) is 0 Å². The fourth-order valence-corrected chi connectivity index (χ4v) is 3.90. The molecule has 1 aliphatic carbocycles. The van der Waals surface area contributed by atoms with Crippen LogP contribution in [0.3, 0.4) is 0 Å². The molecule has 130 valence electrons. The lowest BCUT2D eigenvalue weighted by molar-refractivity contribution is -0.115. The van der Waals surface area contributed by atoms with Crippen LogP contribution in [-0.4, -0.2) is 42.9 Å². The van der Waals surface area contributed by atoms with Crippen LogP contribution < -0.4 is 10.6 Å². The largest absolute Gasteiger partial charge is 0.340 e. The van der Waals surface area contributed by atoms with Crippen LogP contribution in [0.25, 0.3) is 17.2 Å². The maximum atomic E-state index is 12.3. The molecule has 5 rings (SSSR count). The summed E-state index contributed by atoms with van der Waals surface area (Å²) in [5, 5.41) is 6.21. The van der Waals surface area contributed by atoms with Crippen molar-refractivity contribution in [2.45, 2.75) is 6.42 Å². The Balaban J connectivity index is 1.43. The second kappa shape index (κ2) is 6.11. The highest BCUT2D eigenvalue weighted by Crippen LogP contribution is 2.37. The number of hydrogen-bond donors (Lipinski definition) is 2. The predicted octanol–water partition coefficient (Wildman–Crippen LogP) is 1.99. The van der Waals surface area contributed by atoms with Crippen LogP contribution in [0.4, 0.5) is 0 Å². The summed E-state index contributed by atoms with van der Waals surface area (Å²) in [7, 11) is 0. The van der Waals surface area contributed by atoms with Gasteiger partial charge in [0, 0.05) is 26.2 Å². The fourth-order valence-electron chi connectivity index (χ4n) is 3.90. The number of nitrogens with zero attached hydrogens (tertiary/aromatic N) is 2. The van der Waals surface area contributed by atoms with Gasteiger partial charge in [0.2, 0.25) is 5.96 Å². The van der Waals surface area contributed by atoms with Crippen molar-refractivity contribution in [3.63, 3.8) is 0 Å². The zero-order valence-corrected chi connectivity index (χ0v) is 14.5. The molecule has 5 heteroatoms. The topological polar surface area (TPSA) is 56.7 Å². The molecule has 1 saturated heterocycles. The van der Waals surface area contributed by atoms with E-state index in [2.05, 4.69) is 63.0 Å². The van der Waals surface area contributed by atoms with Crippen molar-refractivity contribution in [2.75, 3.05) is 26.2 Å². The molecule has 1 amide bonds. The Kier molecular flexibility index (Phi) is 3.60. The van der Waals surface area contributed by atoms with Gasteiger partial charge in [0.25, 0.3) is 5.91 Å². The van der Waals surface area contributed by atoms with Crippen LogP contribution >= 0.6 is 0 Å². The van der Waals surface area contributed by atoms with E-state index in [-0.39, 0.29) is 5.91 Å². The highest BCUT2D eigenvalue weighted by atomic mass is 16.2. The van der Waals surface area contributed by atoms with Crippen molar-refractivity contribution < 1.29 is 4.79 Å². The van der Waals surface area contributed by atoms with Crippen molar-refractivity contribution in [3.05, 3.63) is 64.9 Å². The number of guanidine groups is 1. The van der Waals surface area contributed by atoms with Gasteiger partial charge in [0.1, 0.15) is 5.70 Å². The number of carbonyl (C=O) groups excluding carboxylic acids is 1. The molecule has 26 heavy (non-hydrogen) atoms. The molecule has 0 aromatic heterocycles. The molecule has 0 radical (unpaired) electrons. The van der Waals surface area contributed by atoms with Gasteiger partial charge < -0.3 is 10.2 Å². The lowest BCUT2D eigenvalue weighted by Crippen LogP contribution is -2.50. The predicted molar refractivity (Wildman–Crippen MR) is 103 cm³/mol. The normalized spacial score (nSPS) is 20.0. The summed E-state index contributed by atoms with van der Waals surface area (Å²) in [6, 6.07) is 14.9. The molecule has 0 spiro atoms. The monoisotopic (exact) mass is 344 g/mol. The number of hydrogen-bond acceptors (Lipinski definition) is 4. The molecule has 2 aliphatic heterocycles. The van der Waals surface area contributed by atoms with Crippen LogP contribution in [-0.2, 0) is 11.2 Å². The minimum Gasteiger partial charge on any atom is -0.340 e. The average molecular weight is 344 g/mol. The molecule has 2 aromatic carbocycles. The molecule has 0 bridgehead atoms. The standard InChI is InChI=1S/C21H20N4O/c26-20-19(23-21(24-20)25-9-7-22-8-10-25)12-14-5-6-18-16(11-14)13-15-3-1-2-4-17(15)18/h1-6,11-12,22H,7-10,13H2,(H,23,24,26)/b19-12+. The van der Waals surface area contributed by atoms with Gasteiger partial charge in [-0.05, 0) is 40.3 Å². The molecular weight excluding hydrogens is 324 g/mol. The van der Waals surface area contributed by atoms with Gasteiger partial charge >= 0.3 is 0 Å². The quantitative estimate of drug-likeness (QED) is 0.664.